The van der Waals surface area contributed by atoms with E-state index < -0.39 is 5.97 Å². The van der Waals surface area contributed by atoms with Crippen LogP contribution in [0.4, 0.5) is 0 Å². The predicted octanol–water partition coefficient (Wildman–Crippen LogP) is 2.35. The Kier molecular flexibility index (Phi) is 5.56. The highest BCUT2D eigenvalue weighted by atomic mass is 16.4. The van der Waals surface area contributed by atoms with Gasteiger partial charge in [0.05, 0.1) is 5.56 Å². The molecule has 110 valence electrons. The minimum absolute atomic E-state index is 0.358. The van der Waals surface area contributed by atoms with Gasteiger partial charge >= 0.3 is 5.97 Å². The van der Waals surface area contributed by atoms with Gasteiger partial charge in [-0.25, -0.2) is 4.79 Å². The molecule has 1 unspecified atom stereocenters. The van der Waals surface area contributed by atoms with Crippen molar-refractivity contribution in [1.82, 2.24) is 10.2 Å². The van der Waals surface area contributed by atoms with Crippen LogP contribution in [0.1, 0.15) is 42.1 Å². The highest BCUT2D eigenvalue weighted by molar-refractivity contribution is 5.87. The average Bonchev–Trinajstić information content (AvgIpc) is 2.48. The number of nitrogens with one attached hydrogen (secondary N) is 1. The number of carboxylic acid groups (broad SMARTS) is 1. The number of nitrogens with zero attached hydrogens (tertiary/aromatic N) is 1. The lowest BCUT2D eigenvalue weighted by molar-refractivity contribution is 0.0696. The van der Waals surface area contributed by atoms with Crippen LogP contribution in [0.2, 0.25) is 0 Å². The van der Waals surface area contributed by atoms with Crippen LogP contribution in [0, 0.1) is 0 Å². The Balaban J connectivity index is 1.83. The van der Waals surface area contributed by atoms with Crippen molar-refractivity contribution in [3.05, 3.63) is 35.4 Å². The number of rotatable bonds is 6. The second-order valence-electron chi connectivity index (χ2n) is 5.41. The Labute approximate surface area is 120 Å². The molecule has 1 aromatic carbocycles. The van der Waals surface area contributed by atoms with Gasteiger partial charge in [-0.15, -0.1) is 0 Å². The van der Waals surface area contributed by atoms with Gasteiger partial charge in [-0.3, -0.25) is 4.90 Å². The van der Waals surface area contributed by atoms with Crippen LogP contribution in [0.15, 0.2) is 24.3 Å². The van der Waals surface area contributed by atoms with Crippen molar-refractivity contribution in [2.24, 2.45) is 0 Å². The number of carbonyl (C=O) groups is 1. The second kappa shape index (κ2) is 7.41. The van der Waals surface area contributed by atoms with Crippen molar-refractivity contribution < 1.29 is 9.90 Å². The molecule has 0 aromatic heterocycles. The SMILES string of the molecule is CCN1CCCCC1CNCc1cccc(C(=O)O)c1. The molecular formula is C16H24N2O2. The molecule has 0 aliphatic carbocycles. The third kappa shape index (κ3) is 4.05. The molecule has 0 spiro atoms. The summed E-state index contributed by atoms with van der Waals surface area (Å²) in [7, 11) is 0. The van der Waals surface area contributed by atoms with Gasteiger partial charge in [0.15, 0.2) is 0 Å². The van der Waals surface area contributed by atoms with E-state index in [0.717, 1.165) is 25.2 Å². The Morgan fingerprint density at radius 2 is 2.30 bits per heavy atom. The quantitative estimate of drug-likeness (QED) is 0.837. The first-order valence-electron chi connectivity index (χ1n) is 7.47. The van der Waals surface area contributed by atoms with Gasteiger partial charge < -0.3 is 10.4 Å². The minimum atomic E-state index is -0.865. The molecule has 0 saturated carbocycles. The fraction of sp³-hybridized carbons (Fsp3) is 0.562. The van der Waals surface area contributed by atoms with Gasteiger partial charge in [0.2, 0.25) is 0 Å². The molecule has 4 heteroatoms. The molecule has 0 bridgehead atoms. The third-order valence-electron chi connectivity index (χ3n) is 4.04. The van der Waals surface area contributed by atoms with Crippen LogP contribution in [0.25, 0.3) is 0 Å². The maximum atomic E-state index is 10.9. The van der Waals surface area contributed by atoms with E-state index in [1.165, 1.54) is 25.8 Å². The smallest absolute Gasteiger partial charge is 0.335 e. The number of hydrogen-bond acceptors (Lipinski definition) is 3. The maximum Gasteiger partial charge on any atom is 0.335 e. The molecule has 20 heavy (non-hydrogen) atoms. The molecule has 0 amide bonds. The summed E-state index contributed by atoms with van der Waals surface area (Å²) in [6.45, 7) is 6.24. The van der Waals surface area contributed by atoms with Gasteiger partial charge in [0.1, 0.15) is 0 Å². The van der Waals surface area contributed by atoms with Crippen molar-refractivity contribution in [1.29, 1.82) is 0 Å². The highest BCUT2D eigenvalue weighted by Gasteiger charge is 2.20. The first-order valence-corrected chi connectivity index (χ1v) is 7.47. The van der Waals surface area contributed by atoms with Gasteiger partial charge in [-0.2, -0.15) is 0 Å². The van der Waals surface area contributed by atoms with Crippen molar-refractivity contribution in [2.75, 3.05) is 19.6 Å². The lowest BCUT2D eigenvalue weighted by atomic mass is 10.0. The molecular weight excluding hydrogens is 252 g/mol. The second-order valence-corrected chi connectivity index (χ2v) is 5.41. The van der Waals surface area contributed by atoms with Gasteiger partial charge in [-0.05, 0) is 43.6 Å². The van der Waals surface area contributed by atoms with Crippen molar-refractivity contribution in [3.63, 3.8) is 0 Å². The topological polar surface area (TPSA) is 52.6 Å². The number of carboxylic acids is 1. The van der Waals surface area contributed by atoms with E-state index in [4.69, 9.17) is 5.11 Å². The maximum absolute atomic E-state index is 10.9. The zero-order valence-electron chi connectivity index (χ0n) is 12.1. The molecule has 2 rings (SSSR count). The van der Waals surface area contributed by atoms with Crippen LogP contribution in [0.3, 0.4) is 0 Å². The van der Waals surface area contributed by atoms with E-state index in [1.54, 1.807) is 18.2 Å². The molecule has 1 heterocycles. The highest BCUT2D eigenvalue weighted by Crippen LogP contribution is 2.16. The summed E-state index contributed by atoms with van der Waals surface area (Å²) < 4.78 is 0. The fourth-order valence-corrected chi connectivity index (χ4v) is 2.90. The van der Waals surface area contributed by atoms with Gasteiger partial charge in [0.25, 0.3) is 0 Å². The molecule has 1 aromatic rings. The molecule has 1 aliphatic rings. The van der Waals surface area contributed by atoms with Crippen LogP contribution in [0.5, 0.6) is 0 Å². The van der Waals surface area contributed by atoms with Gasteiger partial charge in [0, 0.05) is 19.1 Å². The molecule has 1 fully saturated rings. The molecule has 1 atom stereocenters. The number of likely N-dealkylation sites (N-methyl/N-ethyl adjacent to an activating group) is 1. The third-order valence-corrected chi connectivity index (χ3v) is 4.04. The molecule has 2 N–H and O–H groups in total. The predicted molar refractivity (Wildman–Crippen MR) is 80.0 cm³/mol. The summed E-state index contributed by atoms with van der Waals surface area (Å²) in [5.41, 5.74) is 1.39. The Bertz CT molecular complexity index is 448. The Hall–Kier alpha value is -1.39. The standard InChI is InChI=1S/C16H24N2O2/c1-2-18-9-4-3-8-15(18)12-17-11-13-6-5-7-14(10-13)16(19)20/h5-7,10,15,17H,2-4,8-9,11-12H2,1H3,(H,19,20). The van der Waals surface area contributed by atoms with Crippen LogP contribution in [-0.4, -0.2) is 41.7 Å². The van der Waals surface area contributed by atoms with Crippen molar-refractivity contribution in [3.8, 4) is 0 Å². The number of piperidine rings is 1. The van der Waals surface area contributed by atoms with E-state index in [0.29, 0.717) is 11.6 Å². The molecule has 0 radical (unpaired) electrons. The van der Waals surface area contributed by atoms with Gasteiger partial charge in [-0.1, -0.05) is 25.5 Å². The monoisotopic (exact) mass is 276 g/mol. The first kappa shape index (κ1) is 15.0. The lowest BCUT2D eigenvalue weighted by Gasteiger charge is -2.35. The molecule has 1 saturated heterocycles. The zero-order chi connectivity index (χ0) is 14.4. The van der Waals surface area contributed by atoms with Crippen LogP contribution in [-0.2, 0) is 6.54 Å². The van der Waals surface area contributed by atoms with E-state index in [2.05, 4.69) is 17.1 Å². The summed E-state index contributed by atoms with van der Waals surface area (Å²) in [6, 6.07) is 7.77. The Morgan fingerprint density at radius 1 is 1.45 bits per heavy atom. The molecule has 1 aliphatic heterocycles. The summed E-state index contributed by atoms with van der Waals surface area (Å²) in [4.78, 5) is 13.5. The Morgan fingerprint density at radius 3 is 3.05 bits per heavy atom. The largest absolute Gasteiger partial charge is 0.478 e. The van der Waals surface area contributed by atoms with E-state index in [9.17, 15) is 4.79 Å². The van der Waals surface area contributed by atoms with Crippen molar-refractivity contribution in [2.45, 2.75) is 38.8 Å². The van der Waals surface area contributed by atoms with Crippen LogP contribution >= 0.6 is 0 Å². The summed E-state index contributed by atoms with van der Waals surface area (Å²) >= 11 is 0. The summed E-state index contributed by atoms with van der Waals surface area (Å²) in [5.74, 6) is -0.865. The average molecular weight is 276 g/mol. The van der Waals surface area contributed by atoms with Crippen LogP contribution < -0.4 is 5.32 Å². The number of hydrogen-bond donors (Lipinski definition) is 2. The number of benzene rings is 1. The number of likely N-dealkylation sites (tertiary alicyclic amines) is 1. The normalized spacial score (nSPS) is 19.9. The zero-order valence-corrected chi connectivity index (χ0v) is 12.1. The first-order chi connectivity index (χ1) is 9.70. The van der Waals surface area contributed by atoms with E-state index >= 15 is 0 Å². The molecule has 4 nitrogen and oxygen atoms in total. The summed E-state index contributed by atoms with van der Waals surface area (Å²) in [5, 5.41) is 12.4. The van der Waals surface area contributed by atoms with E-state index in [-0.39, 0.29) is 0 Å². The minimum Gasteiger partial charge on any atom is -0.478 e. The summed E-state index contributed by atoms with van der Waals surface area (Å²) in [6.07, 6.45) is 3.89. The van der Waals surface area contributed by atoms with Crippen molar-refractivity contribution >= 4 is 5.97 Å². The van der Waals surface area contributed by atoms with E-state index in [1.807, 2.05) is 6.07 Å². The lowest BCUT2D eigenvalue weighted by Crippen LogP contribution is -2.45. The number of aromatic carboxylic acids is 1. The fourth-order valence-electron chi connectivity index (χ4n) is 2.90.